The van der Waals surface area contributed by atoms with Crippen LogP contribution in [0.2, 0.25) is 0 Å². The molecule has 2 heterocycles. The van der Waals surface area contributed by atoms with Crippen molar-refractivity contribution < 1.29 is 9.32 Å². The van der Waals surface area contributed by atoms with Gasteiger partial charge in [0.15, 0.2) is 0 Å². The molecule has 124 valence electrons. The van der Waals surface area contributed by atoms with E-state index in [0.717, 1.165) is 25.9 Å². The van der Waals surface area contributed by atoms with Crippen molar-refractivity contribution in [1.82, 2.24) is 15.0 Å². The van der Waals surface area contributed by atoms with Gasteiger partial charge in [0.1, 0.15) is 6.04 Å². The van der Waals surface area contributed by atoms with Gasteiger partial charge in [-0.3, -0.25) is 9.69 Å². The monoisotopic (exact) mass is 316 g/mol. The van der Waals surface area contributed by atoms with Crippen LogP contribution in [-0.4, -0.2) is 53.1 Å². The molecule has 1 aromatic heterocycles. The Hall–Kier alpha value is -1.87. The number of aromatic nitrogens is 1. The first-order chi connectivity index (χ1) is 11.2. The molecule has 0 aromatic carbocycles. The van der Waals surface area contributed by atoms with Gasteiger partial charge in [-0.1, -0.05) is 24.4 Å². The first-order valence-electron chi connectivity index (χ1n) is 8.55. The van der Waals surface area contributed by atoms with E-state index in [1.54, 1.807) is 17.9 Å². The molecule has 1 atom stereocenters. The fourth-order valence-electron chi connectivity index (χ4n) is 3.76. The fourth-order valence-corrected chi connectivity index (χ4v) is 3.76. The smallest absolute Gasteiger partial charge is 0.292 e. The Morgan fingerprint density at radius 3 is 2.57 bits per heavy atom. The third kappa shape index (κ3) is 3.56. The van der Waals surface area contributed by atoms with Gasteiger partial charge >= 0.3 is 0 Å². The number of nitrogens with zero attached hydrogens (tertiary/aromatic N) is 4. The Morgan fingerprint density at radius 2 is 2.00 bits per heavy atom. The van der Waals surface area contributed by atoms with Gasteiger partial charge in [0.05, 0.1) is 11.8 Å². The van der Waals surface area contributed by atoms with Crippen molar-refractivity contribution in [1.29, 1.82) is 5.26 Å². The first-order valence-corrected chi connectivity index (χ1v) is 8.55. The van der Waals surface area contributed by atoms with Gasteiger partial charge in [-0.2, -0.15) is 5.26 Å². The number of amides is 1. The average molecular weight is 316 g/mol. The average Bonchev–Trinajstić information content (AvgIpc) is 3.03. The zero-order chi connectivity index (χ0) is 16.2. The Kier molecular flexibility index (Phi) is 4.97. The molecule has 1 aliphatic heterocycles. The highest BCUT2D eigenvalue weighted by Gasteiger charge is 2.32. The van der Waals surface area contributed by atoms with E-state index >= 15 is 0 Å². The van der Waals surface area contributed by atoms with E-state index in [2.05, 4.69) is 16.1 Å². The Labute approximate surface area is 137 Å². The van der Waals surface area contributed by atoms with Crippen molar-refractivity contribution in [3.05, 3.63) is 17.5 Å². The second kappa shape index (κ2) is 7.14. The van der Waals surface area contributed by atoms with Crippen LogP contribution < -0.4 is 0 Å². The van der Waals surface area contributed by atoms with Crippen molar-refractivity contribution in [2.75, 3.05) is 26.2 Å². The lowest BCUT2D eigenvalue weighted by atomic mass is 9.83. The minimum Gasteiger partial charge on any atom is -0.351 e. The normalized spacial score (nSPS) is 21.8. The van der Waals surface area contributed by atoms with Gasteiger partial charge in [0.25, 0.3) is 5.91 Å². The van der Waals surface area contributed by atoms with Crippen LogP contribution >= 0.6 is 0 Å². The predicted octanol–water partition coefficient (Wildman–Crippen LogP) is 2.21. The molecule has 2 aliphatic rings. The molecular formula is C17H24N4O2. The maximum Gasteiger partial charge on any atom is 0.292 e. The Balaban J connectivity index is 1.57. The van der Waals surface area contributed by atoms with E-state index in [9.17, 15) is 10.1 Å². The maximum absolute atomic E-state index is 12.4. The molecule has 23 heavy (non-hydrogen) atoms. The van der Waals surface area contributed by atoms with Gasteiger partial charge in [0, 0.05) is 32.2 Å². The van der Waals surface area contributed by atoms with E-state index in [4.69, 9.17) is 4.52 Å². The van der Waals surface area contributed by atoms with Gasteiger partial charge in [0.2, 0.25) is 5.76 Å². The van der Waals surface area contributed by atoms with Crippen LogP contribution in [0.5, 0.6) is 0 Å². The molecule has 1 amide bonds. The molecule has 1 saturated carbocycles. The second-order valence-electron chi connectivity index (χ2n) is 6.63. The minimum absolute atomic E-state index is 0.0000703. The van der Waals surface area contributed by atoms with E-state index < -0.39 is 0 Å². The van der Waals surface area contributed by atoms with Gasteiger partial charge < -0.3 is 9.42 Å². The van der Waals surface area contributed by atoms with Crippen LogP contribution in [0.15, 0.2) is 10.6 Å². The number of piperazine rings is 1. The summed E-state index contributed by atoms with van der Waals surface area (Å²) in [6, 6.07) is 4.19. The minimum atomic E-state index is -0.101. The molecule has 6 heteroatoms. The number of rotatable bonds is 3. The van der Waals surface area contributed by atoms with Crippen molar-refractivity contribution in [2.45, 2.75) is 45.1 Å². The second-order valence-corrected chi connectivity index (χ2v) is 6.63. The van der Waals surface area contributed by atoms with Crippen molar-refractivity contribution in [3.63, 3.8) is 0 Å². The molecule has 1 saturated heterocycles. The van der Waals surface area contributed by atoms with Gasteiger partial charge in [-0.25, -0.2) is 0 Å². The molecule has 0 spiro atoms. The summed E-state index contributed by atoms with van der Waals surface area (Å²) in [4.78, 5) is 16.4. The van der Waals surface area contributed by atoms with Crippen LogP contribution in [0.1, 0.15) is 48.4 Å². The summed E-state index contributed by atoms with van der Waals surface area (Å²) in [6.45, 7) is 4.61. The Bertz CT molecular complexity index is 578. The summed E-state index contributed by atoms with van der Waals surface area (Å²) in [5.74, 6) is 0.699. The summed E-state index contributed by atoms with van der Waals surface area (Å²) in [5.41, 5.74) is 0.717. The van der Waals surface area contributed by atoms with Crippen molar-refractivity contribution in [3.8, 4) is 6.07 Å². The molecule has 0 bridgehead atoms. The molecule has 0 N–H and O–H groups in total. The summed E-state index contributed by atoms with van der Waals surface area (Å²) < 4.78 is 5.06. The third-order valence-electron chi connectivity index (χ3n) is 5.06. The van der Waals surface area contributed by atoms with E-state index in [1.165, 1.54) is 19.3 Å². The standard InChI is InChI=1S/C17H24N4O2/c1-13-11-16(23-19-13)17(22)21-9-7-20(8-10-21)15(12-18)14-5-3-2-4-6-14/h11,14-15H,2-10H2,1H3/t15-/m1/s1. The zero-order valence-corrected chi connectivity index (χ0v) is 13.7. The first kappa shape index (κ1) is 16.0. The third-order valence-corrected chi connectivity index (χ3v) is 5.06. The lowest BCUT2D eigenvalue weighted by molar-refractivity contribution is 0.0504. The van der Waals surface area contributed by atoms with Crippen LogP contribution in [0, 0.1) is 24.2 Å². The molecule has 0 radical (unpaired) electrons. The lowest BCUT2D eigenvalue weighted by Gasteiger charge is -2.40. The molecule has 1 aliphatic carbocycles. The lowest BCUT2D eigenvalue weighted by Crippen LogP contribution is -2.53. The van der Waals surface area contributed by atoms with Crippen LogP contribution in [0.4, 0.5) is 0 Å². The van der Waals surface area contributed by atoms with Crippen LogP contribution in [0.25, 0.3) is 0 Å². The molecule has 0 unspecified atom stereocenters. The summed E-state index contributed by atoms with van der Waals surface area (Å²) >= 11 is 0. The highest BCUT2D eigenvalue weighted by Crippen LogP contribution is 2.29. The highest BCUT2D eigenvalue weighted by molar-refractivity contribution is 5.91. The number of hydrogen-bond donors (Lipinski definition) is 0. The zero-order valence-electron chi connectivity index (χ0n) is 13.7. The summed E-state index contributed by atoms with van der Waals surface area (Å²) in [7, 11) is 0. The predicted molar refractivity (Wildman–Crippen MR) is 84.7 cm³/mol. The maximum atomic E-state index is 12.4. The molecule has 1 aromatic rings. The SMILES string of the molecule is Cc1cc(C(=O)N2CCN([C@H](C#N)C3CCCCC3)CC2)on1. The Morgan fingerprint density at radius 1 is 1.30 bits per heavy atom. The number of carbonyl (C=O) groups excluding carboxylic acids is 1. The molecule has 3 rings (SSSR count). The van der Waals surface area contributed by atoms with Crippen LogP contribution in [-0.2, 0) is 0 Å². The summed E-state index contributed by atoms with van der Waals surface area (Å²) in [5, 5.41) is 13.4. The number of carbonyl (C=O) groups is 1. The van der Waals surface area contributed by atoms with Crippen molar-refractivity contribution in [2.24, 2.45) is 5.92 Å². The largest absolute Gasteiger partial charge is 0.351 e. The molecular weight excluding hydrogens is 292 g/mol. The van der Waals surface area contributed by atoms with E-state index in [-0.39, 0.29) is 11.9 Å². The van der Waals surface area contributed by atoms with Gasteiger partial charge in [-0.15, -0.1) is 0 Å². The number of nitriles is 1. The van der Waals surface area contributed by atoms with E-state index in [1.807, 2.05) is 0 Å². The quantitative estimate of drug-likeness (QED) is 0.855. The summed E-state index contributed by atoms with van der Waals surface area (Å²) in [6.07, 6.45) is 6.11. The number of aryl methyl sites for hydroxylation is 1. The van der Waals surface area contributed by atoms with Crippen molar-refractivity contribution >= 4 is 5.91 Å². The molecule has 2 fully saturated rings. The number of hydrogen-bond acceptors (Lipinski definition) is 5. The molecule has 6 nitrogen and oxygen atoms in total. The fraction of sp³-hybridized carbons (Fsp3) is 0.706. The topological polar surface area (TPSA) is 73.4 Å². The van der Waals surface area contributed by atoms with Gasteiger partial charge in [-0.05, 0) is 25.7 Å². The van der Waals surface area contributed by atoms with E-state index in [0.29, 0.717) is 30.5 Å². The highest BCUT2D eigenvalue weighted by atomic mass is 16.5. The van der Waals surface area contributed by atoms with Crippen LogP contribution in [0.3, 0.4) is 0 Å².